The van der Waals surface area contributed by atoms with Crippen LogP contribution in [0.2, 0.25) is 0 Å². The van der Waals surface area contributed by atoms with Gasteiger partial charge in [-0.3, -0.25) is 0 Å². The zero-order valence-corrected chi connectivity index (χ0v) is 43.9. The van der Waals surface area contributed by atoms with Crippen molar-refractivity contribution >= 4 is 43.3 Å². The van der Waals surface area contributed by atoms with Crippen LogP contribution >= 0.6 is 0 Å². The molecule has 0 saturated carbocycles. The van der Waals surface area contributed by atoms with Crippen molar-refractivity contribution in [2.45, 2.75) is 280 Å². The minimum absolute atomic E-state index is 0. The Balaban J connectivity index is 0.00000120. The van der Waals surface area contributed by atoms with E-state index in [1.165, 1.54) is 230 Å². The van der Waals surface area contributed by atoms with Crippen molar-refractivity contribution < 1.29 is 25.9 Å². The first-order valence-electron chi connectivity index (χ1n) is 26.2. The van der Waals surface area contributed by atoms with E-state index >= 15 is 0 Å². The SMILES string of the molecule is CCCCCCCCCCCCCCCCCCCCCc1ccccc1S(=O)(=O)[O-].CCCCCCCCCCCCCCCCCCCCCc1ccccc1S(=O)(=O)[O-].[Mg+2]. The van der Waals surface area contributed by atoms with Gasteiger partial charge in [-0.2, -0.15) is 0 Å². The minimum atomic E-state index is -4.36. The maximum absolute atomic E-state index is 11.3. The van der Waals surface area contributed by atoms with Crippen LogP contribution in [-0.4, -0.2) is 49.0 Å². The topological polar surface area (TPSA) is 114 Å². The van der Waals surface area contributed by atoms with Crippen LogP contribution in [0.5, 0.6) is 0 Å². The third-order valence-electron chi connectivity index (χ3n) is 12.6. The molecule has 0 N–H and O–H groups in total. The number of hydrogen-bond acceptors (Lipinski definition) is 6. The summed E-state index contributed by atoms with van der Waals surface area (Å²) in [6, 6.07) is 13.2. The first-order valence-corrected chi connectivity index (χ1v) is 29.0. The summed E-state index contributed by atoms with van der Waals surface area (Å²) in [5, 5.41) is 0. The van der Waals surface area contributed by atoms with E-state index in [4.69, 9.17) is 0 Å². The molecule has 360 valence electrons. The number of rotatable bonds is 42. The Bertz CT molecular complexity index is 1400. The molecule has 0 spiro atoms. The predicted molar refractivity (Wildman–Crippen MR) is 269 cm³/mol. The van der Waals surface area contributed by atoms with E-state index in [0.717, 1.165) is 25.7 Å². The Morgan fingerprint density at radius 1 is 0.302 bits per heavy atom. The summed E-state index contributed by atoms with van der Waals surface area (Å²) in [5.41, 5.74) is 1.34. The molecule has 0 amide bonds. The van der Waals surface area contributed by atoms with Gasteiger partial charge in [0.1, 0.15) is 20.2 Å². The van der Waals surface area contributed by atoms with Crippen LogP contribution in [0.15, 0.2) is 58.3 Å². The minimum Gasteiger partial charge on any atom is -0.744 e. The molecule has 0 aliphatic heterocycles. The molecule has 0 aliphatic rings. The summed E-state index contributed by atoms with van der Waals surface area (Å²) in [4.78, 5) is -0.0881. The van der Waals surface area contributed by atoms with Crippen molar-refractivity contribution in [1.29, 1.82) is 0 Å². The largest absolute Gasteiger partial charge is 2.00 e. The van der Waals surface area contributed by atoms with Crippen molar-refractivity contribution in [1.82, 2.24) is 0 Å². The van der Waals surface area contributed by atoms with E-state index in [9.17, 15) is 25.9 Å². The fourth-order valence-corrected chi connectivity index (χ4v) is 10.2. The molecule has 2 aromatic carbocycles. The Hall–Kier alpha value is -0.974. The van der Waals surface area contributed by atoms with Crippen molar-refractivity contribution in [3.05, 3.63) is 59.7 Å². The smallest absolute Gasteiger partial charge is 0.744 e. The monoisotopic (exact) mass is 927 g/mol. The molecule has 63 heavy (non-hydrogen) atoms. The maximum atomic E-state index is 11.3. The van der Waals surface area contributed by atoms with E-state index in [1.807, 2.05) is 0 Å². The van der Waals surface area contributed by atoms with E-state index in [1.54, 1.807) is 36.4 Å². The third-order valence-corrected chi connectivity index (χ3v) is 14.5. The van der Waals surface area contributed by atoms with Crippen LogP contribution in [0.4, 0.5) is 0 Å². The molecule has 9 heteroatoms. The molecule has 2 aromatic rings. The van der Waals surface area contributed by atoms with Gasteiger partial charge in [0, 0.05) is 0 Å². The van der Waals surface area contributed by atoms with Crippen LogP contribution < -0.4 is 0 Å². The molecule has 0 aliphatic carbocycles. The van der Waals surface area contributed by atoms with Crippen molar-refractivity contribution in [2.24, 2.45) is 0 Å². The van der Waals surface area contributed by atoms with Crippen LogP contribution in [0, 0.1) is 0 Å². The molecule has 0 fully saturated rings. The normalized spacial score (nSPS) is 11.6. The van der Waals surface area contributed by atoms with Gasteiger partial charge in [-0.1, -0.05) is 281 Å². The summed E-state index contributed by atoms with van der Waals surface area (Å²) >= 11 is 0. The third kappa shape index (κ3) is 37.8. The standard InChI is InChI=1S/2C27H48O3S.Mg/c2*1-2-3-4-5-6-7-8-9-10-11-12-13-14-15-16-17-18-19-20-23-26-24-21-22-25-27(26)31(28,29)30;/h2*21-22,24-25H,2-20,23H2,1H3,(H,28,29,30);/q;;+2/p-2. The molecular formula is C54H94MgO6S2. The molecular weight excluding hydrogens is 833 g/mol. The molecule has 6 nitrogen and oxygen atoms in total. The summed E-state index contributed by atoms with van der Waals surface area (Å²) < 4.78 is 67.8. The molecule has 2 rings (SSSR count). The van der Waals surface area contributed by atoms with Crippen molar-refractivity contribution in [3.8, 4) is 0 Å². The number of benzene rings is 2. The van der Waals surface area contributed by atoms with E-state index < -0.39 is 20.2 Å². The van der Waals surface area contributed by atoms with Gasteiger partial charge in [0.2, 0.25) is 0 Å². The number of aryl methyl sites for hydroxylation is 2. The summed E-state index contributed by atoms with van der Waals surface area (Å²) in [6.07, 6.45) is 52.4. The average molecular weight is 928 g/mol. The van der Waals surface area contributed by atoms with Gasteiger partial charge < -0.3 is 9.11 Å². The molecule has 0 saturated heterocycles. The van der Waals surface area contributed by atoms with Crippen LogP contribution in [0.1, 0.15) is 269 Å². The zero-order chi connectivity index (χ0) is 45.3. The van der Waals surface area contributed by atoms with Gasteiger partial charge in [0.25, 0.3) is 0 Å². The second-order valence-corrected chi connectivity index (χ2v) is 21.0. The summed E-state index contributed by atoms with van der Waals surface area (Å²) in [7, 11) is -8.72. The van der Waals surface area contributed by atoms with E-state index in [2.05, 4.69) is 13.8 Å². The van der Waals surface area contributed by atoms with Crippen LogP contribution in [0.25, 0.3) is 0 Å². The van der Waals surface area contributed by atoms with Crippen LogP contribution in [0.3, 0.4) is 0 Å². The van der Waals surface area contributed by atoms with Crippen molar-refractivity contribution in [3.63, 3.8) is 0 Å². The number of unbranched alkanes of at least 4 members (excludes halogenated alkanes) is 36. The van der Waals surface area contributed by atoms with Gasteiger partial charge in [-0.25, -0.2) is 16.8 Å². The second kappa shape index (κ2) is 43.6. The first kappa shape index (κ1) is 62.0. The average Bonchev–Trinajstić information content (AvgIpc) is 3.25. The van der Waals surface area contributed by atoms with Gasteiger partial charge in [0.05, 0.1) is 9.79 Å². The Morgan fingerprint density at radius 2 is 0.476 bits per heavy atom. The molecule has 0 bridgehead atoms. The van der Waals surface area contributed by atoms with Crippen LogP contribution in [-0.2, 0) is 33.1 Å². The number of hydrogen-bond donors (Lipinski definition) is 0. The fraction of sp³-hybridized carbons (Fsp3) is 0.778. The molecule has 0 unspecified atom stereocenters. The maximum Gasteiger partial charge on any atom is 2.00 e. The fourth-order valence-electron chi connectivity index (χ4n) is 8.70. The quantitative estimate of drug-likeness (QED) is 0.0372. The summed E-state index contributed by atoms with van der Waals surface area (Å²) in [6.45, 7) is 4.56. The predicted octanol–water partition coefficient (Wildman–Crippen LogP) is 16.7. The molecule has 0 radical (unpaired) electrons. The van der Waals surface area contributed by atoms with Gasteiger partial charge in [-0.15, -0.1) is 0 Å². The summed E-state index contributed by atoms with van der Waals surface area (Å²) in [5.74, 6) is 0. The van der Waals surface area contributed by atoms with E-state index in [0.29, 0.717) is 24.0 Å². The second-order valence-electron chi connectivity index (χ2n) is 18.4. The Morgan fingerprint density at radius 3 is 0.667 bits per heavy atom. The molecule has 0 atom stereocenters. The van der Waals surface area contributed by atoms with Gasteiger partial charge in [0.15, 0.2) is 0 Å². The molecule has 0 heterocycles. The first-order chi connectivity index (χ1) is 30.1. The molecule has 0 aromatic heterocycles. The van der Waals surface area contributed by atoms with Crippen molar-refractivity contribution in [2.75, 3.05) is 0 Å². The Labute approximate surface area is 406 Å². The zero-order valence-electron chi connectivity index (χ0n) is 40.9. The van der Waals surface area contributed by atoms with Gasteiger partial charge >= 0.3 is 23.1 Å². The van der Waals surface area contributed by atoms with E-state index in [-0.39, 0.29) is 32.8 Å². The Kier molecular flexibility index (Phi) is 42.9. The van der Waals surface area contributed by atoms with Gasteiger partial charge in [-0.05, 0) is 48.9 Å².